The Morgan fingerprint density at radius 1 is 1.30 bits per heavy atom. The lowest BCUT2D eigenvalue weighted by Crippen LogP contribution is -2.27. The summed E-state index contributed by atoms with van der Waals surface area (Å²) in [6.07, 6.45) is -3.83. The lowest BCUT2D eigenvalue weighted by molar-refractivity contribution is 0.0635. The molecule has 110 valence electrons. The van der Waals surface area contributed by atoms with Crippen molar-refractivity contribution >= 4 is 29.2 Å². The molecule has 0 aliphatic carbocycles. The lowest BCUT2D eigenvalue weighted by atomic mass is 10.1. The summed E-state index contributed by atoms with van der Waals surface area (Å²) >= 11 is 5.83. The number of benzene rings is 1. The average Bonchev–Trinajstić information content (AvgIpc) is 2.28. The summed E-state index contributed by atoms with van der Waals surface area (Å²) in [5, 5.41) is 2.34. The van der Waals surface area contributed by atoms with Crippen LogP contribution in [-0.4, -0.2) is 23.9 Å². The van der Waals surface area contributed by atoms with Gasteiger partial charge in [0, 0.05) is 5.56 Å². The second kappa shape index (κ2) is 6.17. The van der Waals surface area contributed by atoms with Crippen molar-refractivity contribution in [1.29, 1.82) is 0 Å². The second-order valence-corrected chi connectivity index (χ2v) is 5.39. The van der Waals surface area contributed by atoms with Gasteiger partial charge in [-0.25, -0.2) is 13.6 Å². The van der Waals surface area contributed by atoms with Gasteiger partial charge >= 0.3 is 12.5 Å². The van der Waals surface area contributed by atoms with Gasteiger partial charge in [-0.3, -0.25) is 10.1 Å². The fourth-order valence-corrected chi connectivity index (χ4v) is 1.54. The summed E-state index contributed by atoms with van der Waals surface area (Å²) in [4.78, 5) is 22.6. The van der Waals surface area contributed by atoms with E-state index in [1.54, 1.807) is 20.8 Å². The van der Waals surface area contributed by atoms with Gasteiger partial charge in [0.15, 0.2) is 0 Å². The Bertz CT molecular complexity index is 527. The Morgan fingerprint density at radius 2 is 1.90 bits per heavy atom. The molecule has 1 amide bonds. The van der Waals surface area contributed by atoms with Crippen LogP contribution in [-0.2, 0) is 4.74 Å². The smallest absolute Gasteiger partial charge is 0.412 e. The molecule has 4 nitrogen and oxygen atoms in total. The van der Waals surface area contributed by atoms with Crippen molar-refractivity contribution in [2.75, 3.05) is 5.32 Å². The minimum Gasteiger partial charge on any atom is -0.444 e. The first-order valence-corrected chi connectivity index (χ1v) is 6.10. The fourth-order valence-electron chi connectivity index (χ4n) is 1.31. The van der Waals surface area contributed by atoms with E-state index in [0.29, 0.717) is 0 Å². The number of hydrogen-bond acceptors (Lipinski definition) is 3. The van der Waals surface area contributed by atoms with E-state index >= 15 is 0 Å². The molecule has 1 rings (SSSR count). The van der Waals surface area contributed by atoms with E-state index in [-0.39, 0.29) is 16.3 Å². The van der Waals surface area contributed by atoms with Crippen molar-refractivity contribution in [3.8, 4) is 0 Å². The molecule has 1 N–H and O–H groups in total. The van der Waals surface area contributed by atoms with E-state index in [2.05, 4.69) is 5.32 Å². The average molecular weight is 306 g/mol. The molecule has 20 heavy (non-hydrogen) atoms. The Morgan fingerprint density at radius 3 is 2.35 bits per heavy atom. The van der Waals surface area contributed by atoms with Gasteiger partial charge in [-0.2, -0.15) is 0 Å². The minimum atomic E-state index is -3.10. The number of amides is 1. The van der Waals surface area contributed by atoms with Crippen LogP contribution in [0.3, 0.4) is 0 Å². The predicted molar refractivity (Wildman–Crippen MR) is 71.6 cm³/mol. The predicted octanol–water partition coefficient (Wildman–Crippen LogP) is 4.13. The minimum absolute atomic E-state index is 0.0256. The normalized spacial score (nSPS) is 11.3. The number of halogens is 3. The number of Topliss-reactive ketones (excluding diaryl/α,β-unsaturated/α-hetero) is 1. The highest BCUT2D eigenvalue weighted by molar-refractivity contribution is 6.34. The second-order valence-electron chi connectivity index (χ2n) is 4.99. The molecule has 0 radical (unpaired) electrons. The summed E-state index contributed by atoms with van der Waals surface area (Å²) < 4.78 is 29.5. The molecule has 0 spiro atoms. The van der Waals surface area contributed by atoms with Crippen LogP contribution in [0.1, 0.15) is 31.1 Å². The summed E-state index contributed by atoms with van der Waals surface area (Å²) in [7, 11) is 0. The van der Waals surface area contributed by atoms with Crippen LogP contribution in [0.25, 0.3) is 0 Å². The summed E-state index contributed by atoms with van der Waals surface area (Å²) in [6, 6.07) is 3.50. The zero-order valence-corrected chi connectivity index (χ0v) is 11.9. The van der Waals surface area contributed by atoms with Crippen molar-refractivity contribution in [2.24, 2.45) is 0 Å². The molecule has 0 heterocycles. The zero-order valence-electron chi connectivity index (χ0n) is 11.2. The van der Waals surface area contributed by atoms with Crippen LogP contribution in [0.15, 0.2) is 18.2 Å². The molecule has 0 atom stereocenters. The van der Waals surface area contributed by atoms with Gasteiger partial charge in [-0.15, -0.1) is 0 Å². The number of anilines is 1. The van der Waals surface area contributed by atoms with E-state index in [0.717, 1.165) is 12.1 Å². The monoisotopic (exact) mass is 305 g/mol. The third-order valence-corrected chi connectivity index (χ3v) is 2.40. The molecule has 0 unspecified atom stereocenters. The molecule has 0 fully saturated rings. The Hall–Kier alpha value is -1.69. The van der Waals surface area contributed by atoms with Crippen LogP contribution in [0.5, 0.6) is 0 Å². The van der Waals surface area contributed by atoms with Gasteiger partial charge in [0.25, 0.3) is 0 Å². The number of ketones is 1. The molecule has 0 bridgehead atoms. The molecular formula is C13H14ClF2NO3. The van der Waals surface area contributed by atoms with Gasteiger partial charge in [-0.1, -0.05) is 11.6 Å². The third-order valence-electron chi connectivity index (χ3n) is 2.09. The highest BCUT2D eigenvalue weighted by Crippen LogP contribution is 2.25. The standard InChI is InChI=1S/C13H14ClF2NO3/c1-13(2,3)20-12(19)17-9-5-4-7(6-8(9)14)10(18)11(15)16/h4-6,11H,1-3H3,(H,17,19). The number of carbonyl (C=O) groups excluding carboxylic acids is 2. The highest BCUT2D eigenvalue weighted by Gasteiger charge is 2.20. The van der Waals surface area contributed by atoms with Gasteiger partial charge in [0.05, 0.1) is 10.7 Å². The van der Waals surface area contributed by atoms with Crippen molar-refractivity contribution in [1.82, 2.24) is 0 Å². The number of nitrogens with one attached hydrogen (secondary N) is 1. The van der Waals surface area contributed by atoms with Gasteiger partial charge < -0.3 is 4.74 Å². The van der Waals surface area contributed by atoms with Crippen LogP contribution in [0.2, 0.25) is 5.02 Å². The molecule has 0 aliphatic rings. The summed E-state index contributed by atoms with van der Waals surface area (Å²) in [5.74, 6) is -1.32. The SMILES string of the molecule is CC(C)(C)OC(=O)Nc1ccc(C(=O)C(F)F)cc1Cl. The Balaban J connectivity index is 2.84. The lowest BCUT2D eigenvalue weighted by Gasteiger charge is -2.20. The first-order chi connectivity index (χ1) is 9.10. The van der Waals surface area contributed by atoms with Crippen molar-refractivity contribution in [3.63, 3.8) is 0 Å². The molecule has 0 saturated carbocycles. The van der Waals surface area contributed by atoms with Gasteiger partial charge in [0.2, 0.25) is 5.78 Å². The van der Waals surface area contributed by atoms with Crippen LogP contribution >= 0.6 is 11.6 Å². The third kappa shape index (κ3) is 4.77. The Kier molecular flexibility index (Phi) is 5.05. The Labute approximate surface area is 120 Å². The first kappa shape index (κ1) is 16.4. The van der Waals surface area contributed by atoms with E-state index in [1.807, 2.05) is 0 Å². The topological polar surface area (TPSA) is 55.4 Å². The maximum absolute atomic E-state index is 12.3. The molecule has 0 aromatic heterocycles. The van der Waals surface area contributed by atoms with E-state index in [1.165, 1.54) is 6.07 Å². The van der Waals surface area contributed by atoms with Gasteiger partial charge in [0.1, 0.15) is 5.60 Å². The maximum atomic E-state index is 12.3. The molecular weight excluding hydrogens is 292 g/mol. The van der Waals surface area contributed by atoms with E-state index in [9.17, 15) is 18.4 Å². The van der Waals surface area contributed by atoms with Crippen LogP contribution in [0, 0.1) is 0 Å². The molecule has 1 aromatic rings. The summed E-state index contributed by atoms with van der Waals surface area (Å²) in [6.45, 7) is 5.08. The summed E-state index contributed by atoms with van der Waals surface area (Å²) in [5.41, 5.74) is -0.728. The maximum Gasteiger partial charge on any atom is 0.412 e. The number of carbonyl (C=O) groups is 2. The van der Waals surface area contributed by atoms with Gasteiger partial charge in [-0.05, 0) is 39.0 Å². The van der Waals surface area contributed by atoms with Crippen molar-refractivity contribution < 1.29 is 23.1 Å². The quantitative estimate of drug-likeness (QED) is 0.854. The molecule has 0 aliphatic heterocycles. The number of rotatable bonds is 3. The number of alkyl halides is 2. The van der Waals surface area contributed by atoms with E-state index in [4.69, 9.17) is 16.3 Å². The largest absolute Gasteiger partial charge is 0.444 e. The van der Waals surface area contributed by atoms with Crippen molar-refractivity contribution in [3.05, 3.63) is 28.8 Å². The molecule has 1 aromatic carbocycles. The van der Waals surface area contributed by atoms with E-state index < -0.39 is 23.9 Å². The molecule has 7 heteroatoms. The first-order valence-electron chi connectivity index (χ1n) is 5.72. The number of hydrogen-bond donors (Lipinski definition) is 1. The fraction of sp³-hybridized carbons (Fsp3) is 0.385. The highest BCUT2D eigenvalue weighted by atomic mass is 35.5. The number of ether oxygens (including phenoxy) is 1. The van der Waals surface area contributed by atoms with Crippen LogP contribution < -0.4 is 5.32 Å². The van der Waals surface area contributed by atoms with Crippen LogP contribution in [0.4, 0.5) is 19.3 Å². The van der Waals surface area contributed by atoms with Crippen molar-refractivity contribution in [2.45, 2.75) is 32.8 Å². The zero-order chi connectivity index (χ0) is 15.5. The molecule has 0 saturated heterocycles.